The van der Waals surface area contributed by atoms with Gasteiger partial charge < -0.3 is 0 Å². The van der Waals surface area contributed by atoms with Gasteiger partial charge in [0.15, 0.2) is 0 Å². The van der Waals surface area contributed by atoms with E-state index < -0.39 is 4.92 Å². The lowest BCUT2D eigenvalue weighted by Gasteiger charge is -2.03. The Balaban J connectivity index is 5.35. The molecule has 0 N–H and O–H groups in total. The first-order valence-corrected chi connectivity index (χ1v) is 6.88. The van der Waals surface area contributed by atoms with Gasteiger partial charge in [0.2, 0.25) is 0 Å². The summed E-state index contributed by atoms with van der Waals surface area (Å²) in [5.41, 5.74) is 3.48. The number of nitrogens with zero attached hydrogens (tertiary/aromatic N) is 1. The minimum atomic E-state index is -0.431. The predicted octanol–water partition coefficient (Wildman–Crippen LogP) is 5.47. The molecule has 0 saturated carbocycles. The second-order valence-electron chi connectivity index (χ2n) is 4.51. The van der Waals surface area contributed by atoms with Crippen LogP contribution in [0.25, 0.3) is 0 Å². The molecule has 0 aromatic carbocycles. The Labute approximate surface area is 132 Å². The molecular formula is C19H23NO2. The smallest absolute Gasteiger partial charge is 0.258 e. The summed E-state index contributed by atoms with van der Waals surface area (Å²) in [7, 11) is 0. The van der Waals surface area contributed by atoms with Crippen molar-refractivity contribution in [2.45, 2.75) is 20.8 Å². The Kier molecular flexibility index (Phi) is 8.87. The summed E-state index contributed by atoms with van der Waals surface area (Å²) in [6.45, 7) is 16.9. The zero-order valence-electron chi connectivity index (χ0n) is 13.5. The van der Waals surface area contributed by atoms with Crippen LogP contribution in [0.1, 0.15) is 20.8 Å². The van der Waals surface area contributed by atoms with Gasteiger partial charge >= 0.3 is 0 Å². The average Bonchev–Trinajstić information content (AvgIpc) is 2.51. The lowest BCUT2D eigenvalue weighted by Crippen LogP contribution is -1.95. The van der Waals surface area contributed by atoms with Crippen molar-refractivity contribution in [3.63, 3.8) is 0 Å². The fourth-order valence-corrected chi connectivity index (χ4v) is 1.55. The van der Waals surface area contributed by atoms with Crippen LogP contribution >= 0.6 is 0 Å². The minimum absolute atomic E-state index is 0.0267. The number of hydrogen-bond donors (Lipinski definition) is 0. The SMILES string of the molecule is C=C/C(C)=C\C(=C/C)C(=C)/C=C/C(C=C)=C/C(=C\C)[N+](=O)[O-]. The van der Waals surface area contributed by atoms with Gasteiger partial charge in [-0.15, -0.1) is 0 Å². The van der Waals surface area contributed by atoms with Gasteiger partial charge in [0.1, 0.15) is 0 Å². The van der Waals surface area contributed by atoms with Crippen LogP contribution in [-0.2, 0) is 0 Å². The maximum absolute atomic E-state index is 10.8. The third-order valence-corrected chi connectivity index (χ3v) is 2.92. The molecule has 3 nitrogen and oxygen atoms in total. The van der Waals surface area contributed by atoms with Gasteiger partial charge in [-0.05, 0) is 43.6 Å². The molecule has 22 heavy (non-hydrogen) atoms. The molecule has 0 aromatic heterocycles. The Hall–Kier alpha value is -2.68. The molecule has 0 bridgehead atoms. The summed E-state index contributed by atoms with van der Waals surface area (Å²) >= 11 is 0. The van der Waals surface area contributed by atoms with Gasteiger partial charge in [-0.2, -0.15) is 0 Å². The van der Waals surface area contributed by atoms with E-state index in [0.717, 1.165) is 16.7 Å². The molecule has 0 aliphatic carbocycles. The average molecular weight is 297 g/mol. The van der Waals surface area contributed by atoms with Crippen molar-refractivity contribution < 1.29 is 4.92 Å². The van der Waals surface area contributed by atoms with Gasteiger partial charge in [0, 0.05) is 6.08 Å². The normalized spacial score (nSPS) is 14.1. The van der Waals surface area contributed by atoms with Crippen molar-refractivity contribution in [1.82, 2.24) is 0 Å². The molecule has 0 rings (SSSR count). The van der Waals surface area contributed by atoms with Crippen molar-refractivity contribution in [3.8, 4) is 0 Å². The van der Waals surface area contributed by atoms with Crippen LogP contribution in [0.15, 0.2) is 96.3 Å². The molecule has 0 heterocycles. The lowest BCUT2D eigenvalue weighted by atomic mass is 10.0. The van der Waals surface area contributed by atoms with E-state index in [2.05, 4.69) is 19.7 Å². The van der Waals surface area contributed by atoms with E-state index in [1.54, 1.807) is 25.2 Å². The molecule has 3 heteroatoms. The Morgan fingerprint density at radius 2 is 1.68 bits per heavy atom. The van der Waals surface area contributed by atoms with Crippen molar-refractivity contribution in [1.29, 1.82) is 0 Å². The van der Waals surface area contributed by atoms with E-state index in [1.807, 2.05) is 32.1 Å². The number of hydrogen-bond acceptors (Lipinski definition) is 2. The van der Waals surface area contributed by atoms with Crippen molar-refractivity contribution in [2.75, 3.05) is 0 Å². The summed E-state index contributed by atoms with van der Waals surface area (Å²) in [5.74, 6) is 0. The molecule has 0 amide bonds. The van der Waals surface area contributed by atoms with Crippen LogP contribution in [0.3, 0.4) is 0 Å². The third kappa shape index (κ3) is 6.66. The molecular weight excluding hydrogens is 274 g/mol. The second kappa shape index (κ2) is 10.1. The molecule has 0 radical (unpaired) electrons. The van der Waals surface area contributed by atoms with E-state index >= 15 is 0 Å². The highest BCUT2D eigenvalue weighted by atomic mass is 16.6. The molecule has 0 spiro atoms. The largest absolute Gasteiger partial charge is 0.265 e. The fourth-order valence-electron chi connectivity index (χ4n) is 1.55. The first kappa shape index (κ1) is 19.3. The van der Waals surface area contributed by atoms with Crippen molar-refractivity contribution >= 4 is 0 Å². The van der Waals surface area contributed by atoms with Crippen LogP contribution in [0.2, 0.25) is 0 Å². The topological polar surface area (TPSA) is 43.1 Å². The molecule has 0 atom stereocenters. The van der Waals surface area contributed by atoms with Crippen molar-refractivity contribution in [2.24, 2.45) is 0 Å². The first-order chi connectivity index (χ1) is 10.4. The van der Waals surface area contributed by atoms with E-state index in [0.29, 0.717) is 5.57 Å². The van der Waals surface area contributed by atoms with E-state index in [4.69, 9.17) is 0 Å². The van der Waals surface area contributed by atoms with Crippen LogP contribution in [0.5, 0.6) is 0 Å². The third-order valence-electron chi connectivity index (χ3n) is 2.92. The summed E-state index contributed by atoms with van der Waals surface area (Å²) in [5, 5.41) is 10.8. The molecule has 0 fully saturated rings. The van der Waals surface area contributed by atoms with Gasteiger partial charge in [-0.1, -0.05) is 61.8 Å². The molecule has 0 aliphatic rings. The summed E-state index contributed by atoms with van der Waals surface area (Å²) in [6, 6.07) is 0. The molecule has 0 aliphatic heterocycles. The highest BCUT2D eigenvalue weighted by Crippen LogP contribution is 2.15. The Morgan fingerprint density at radius 3 is 2.09 bits per heavy atom. The molecule has 0 aromatic rings. The monoisotopic (exact) mass is 297 g/mol. The van der Waals surface area contributed by atoms with Crippen LogP contribution in [0.4, 0.5) is 0 Å². The van der Waals surface area contributed by atoms with Crippen LogP contribution < -0.4 is 0 Å². The van der Waals surface area contributed by atoms with Gasteiger partial charge in [0.25, 0.3) is 5.70 Å². The van der Waals surface area contributed by atoms with Crippen molar-refractivity contribution in [3.05, 3.63) is 106 Å². The number of nitro groups is 1. The standard InChI is InChI=1S/C19H23NO2/c1-7-15(5)13-18(9-3)16(6)11-12-17(8-2)14-19(10-4)20(21)22/h7-14H,1-2,6H2,3-5H3/b12-11+,15-13-,17-14+,18-9+,19-10+. The highest BCUT2D eigenvalue weighted by molar-refractivity contribution is 5.49. The molecule has 0 saturated heterocycles. The van der Waals surface area contributed by atoms with Gasteiger partial charge in [0.05, 0.1) is 4.92 Å². The zero-order chi connectivity index (χ0) is 17.1. The zero-order valence-corrected chi connectivity index (χ0v) is 13.5. The second-order valence-corrected chi connectivity index (χ2v) is 4.51. The lowest BCUT2D eigenvalue weighted by molar-refractivity contribution is -0.419. The molecule has 0 unspecified atom stereocenters. The van der Waals surface area contributed by atoms with E-state index in [-0.39, 0.29) is 5.70 Å². The molecule has 116 valence electrons. The van der Waals surface area contributed by atoms with Crippen LogP contribution in [0, 0.1) is 10.1 Å². The Morgan fingerprint density at radius 1 is 1.05 bits per heavy atom. The quantitative estimate of drug-likeness (QED) is 0.338. The maximum Gasteiger partial charge on any atom is 0.265 e. The first-order valence-electron chi connectivity index (χ1n) is 6.88. The summed E-state index contributed by atoms with van der Waals surface area (Å²) in [6.07, 6.45) is 13.7. The summed E-state index contributed by atoms with van der Waals surface area (Å²) < 4.78 is 0. The van der Waals surface area contributed by atoms with E-state index in [1.165, 1.54) is 12.2 Å². The van der Waals surface area contributed by atoms with Crippen LogP contribution in [-0.4, -0.2) is 4.92 Å². The predicted molar refractivity (Wildman–Crippen MR) is 95.0 cm³/mol. The summed E-state index contributed by atoms with van der Waals surface area (Å²) in [4.78, 5) is 10.4. The Bertz CT molecular complexity index is 611. The maximum atomic E-state index is 10.8. The highest BCUT2D eigenvalue weighted by Gasteiger charge is 2.04. The van der Waals surface area contributed by atoms with Gasteiger partial charge in [-0.3, -0.25) is 10.1 Å². The van der Waals surface area contributed by atoms with Gasteiger partial charge in [-0.25, -0.2) is 0 Å². The number of rotatable bonds is 8. The fraction of sp³-hybridized carbons (Fsp3) is 0.158. The van der Waals surface area contributed by atoms with E-state index in [9.17, 15) is 10.1 Å². The number of allylic oxidation sites excluding steroid dienone is 12. The minimum Gasteiger partial charge on any atom is -0.258 e.